The molecule has 0 saturated heterocycles. The zero-order valence-corrected chi connectivity index (χ0v) is 13.5. The lowest BCUT2D eigenvalue weighted by atomic mass is 10.1. The van der Waals surface area contributed by atoms with Crippen molar-refractivity contribution >= 4 is 5.97 Å². The van der Waals surface area contributed by atoms with E-state index >= 15 is 0 Å². The van der Waals surface area contributed by atoms with Crippen LogP contribution in [0.3, 0.4) is 0 Å². The fraction of sp³-hybridized carbons (Fsp3) is 0.278. The van der Waals surface area contributed by atoms with Crippen LogP contribution in [0.25, 0.3) is 0 Å². The molecule has 2 aromatic carbocycles. The molecular weight excluding hydrogens is 316 g/mol. The highest BCUT2D eigenvalue weighted by atomic mass is 19.1. The molecule has 0 heterocycles. The number of carboxylic acid groups (broad SMARTS) is 1. The van der Waals surface area contributed by atoms with Crippen LogP contribution in [0.5, 0.6) is 5.75 Å². The predicted molar refractivity (Wildman–Crippen MR) is 86.2 cm³/mol. The van der Waals surface area contributed by atoms with E-state index in [-0.39, 0.29) is 11.3 Å². The molecule has 2 N–H and O–H groups in total. The van der Waals surface area contributed by atoms with Gasteiger partial charge in [0.2, 0.25) is 0 Å². The third-order valence-electron chi connectivity index (χ3n) is 3.28. The first-order valence-electron chi connectivity index (χ1n) is 7.43. The molecule has 0 aromatic heterocycles. The van der Waals surface area contributed by atoms with E-state index in [1.165, 1.54) is 6.07 Å². The number of carboxylic acids is 1. The van der Waals surface area contributed by atoms with Gasteiger partial charge in [-0.15, -0.1) is 0 Å². The number of ether oxygens (including phenoxy) is 1. The summed E-state index contributed by atoms with van der Waals surface area (Å²) in [6.07, 6.45) is 0. The SMILES string of the molecule is CC(C)(CNCc1cccc(C(=O)O)c1)Oc1cc(F)cc(F)c1. The zero-order chi connectivity index (χ0) is 17.7. The third-order valence-corrected chi connectivity index (χ3v) is 3.28. The molecule has 0 radical (unpaired) electrons. The number of benzene rings is 2. The normalized spacial score (nSPS) is 11.3. The minimum Gasteiger partial charge on any atom is -0.486 e. The summed E-state index contributed by atoms with van der Waals surface area (Å²) in [7, 11) is 0. The molecular formula is C18H19F2NO3. The Morgan fingerprint density at radius 1 is 1.17 bits per heavy atom. The summed E-state index contributed by atoms with van der Waals surface area (Å²) < 4.78 is 32.0. The molecule has 0 atom stereocenters. The molecule has 0 aliphatic rings. The van der Waals surface area contributed by atoms with Gasteiger partial charge in [-0.05, 0) is 31.5 Å². The van der Waals surface area contributed by atoms with E-state index in [2.05, 4.69) is 5.32 Å². The predicted octanol–water partition coefficient (Wildman–Crippen LogP) is 3.61. The summed E-state index contributed by atoms with van der Waals surface area (Å²) in [6, 6.07) is 9.64. The molecule has 0 aliphatic heterocycles. The van der Waals surface area contributed by atoms with E-state index in [0.717, 1.165) is 23.8 Å². The molecule has 0 bridgehead atoms. The van der Waals surface area contributed by atoms with E-state index in [0.29, 0.717) is 13.1 Å². The molecule has 128 valence electrons. The maximum atomic E-state index is 13.2. The van der Waals surface area contributed by atoms with Crippen molar-refractivity contribution in [3.63, 3.8) is 0 Å². The van der Waals surface area contributed by atoms with Crippen LogP contribution in [0.4, 0.5) is 8.78 Å². The molecule has 0 spiro atoms. The summed E-state index contributed by atoms with van der Waals surface area (Å²) in [5.74, 6) is -2.25. The molecule has 0 saturated carbocycles. The van der Waals surface area contributed by atoms with Gasteiger partial charge in [-0.3, -0.25) is 0 Å². The summed E-state index contributed by atoms with van der Waals surface area (Å²) in [6.45, 7) is 4.43. The monoisotopic (exact) mass is 335 g/mol. The number of carbonyl (C=O) groups is 1. The van der Waals surface area contributed by atoms with Crippen molar-refractivity contribution < 1.29 is 23.4 Å². The number of halogens is 2. The van der Waals surface area contributed by atoms with Gasteiger partial charge in [0, 0.05) is 31.3 Å². The van der Waals surface area contributed by atoms with Crippen molar-refractivity contribution in [1.82, 2.24) is 5.32 Å². The molecule has 2 rings (SSSR count). The lowest BCUT2D eigenvalue weighted by Gasteiger charge is -2.27. The number of aromatic carboxylic acids is 1. The van der Waals surface area contributed by atoms with Crippen LogP contribution in [0.1, 0.15) is 29.8 Å². The summed E-state index contributed by atoms with van der Waals surface area (Å²) in [4.78, 5) is 10.9. The minimum atomic E-state index is -0.978. The number of hydrogen-bond donors (Lipinski definition) is 2. The van der Waals surface area contributed by atoms with Crippen LogP contribution in [0.15, 0.2) is 42.5 Å². The van der Waals surface area contributed by atoms with Crippen LogP contribution >= 0.6 is 0 Å². The minimum absolute atomic E-state index is 0.118. The summed E-state index contributed by atoms with van der Waals surface area (Å²) in [5.41, 5.74) is 0.340. The smallest absolute Gasteiger partial charge is 0.335 e. The zero-order valence-electron chi connectivity index (χ0n) is 13.5. The van der Waals surface area contributed by atoms with Gasteiger partial charge in [0.05, 0.1) is 5.56 Å². The van der Waals surface area contributed by atoms with Crippen molar-refractivity contribution in [3.8, 4) is 5.75 Å². The Morgan fingerprint density at radius 3 is 2.46 bits per heavy atom. The molecule has 0 fully saturated rings. The number of hydrogen-bond acceptors (Lipinski definition) is 3. The molecule has 4 nitrogen and oxygen atoms in total. The highest BCUT2D eigenvalue weighted by Gasteiger charge is 2.20. The van der Waals surface area contributed by atoms with Crippen molar-refractivity contribution in [3.05, 3.63) is 65.2 Å². The number of nitrogens with one attached hydrogen (secondary N) is 1. The molecule has 0 aliphatic carbocycles. The Hall–Kier alpha value is -2.47. The van der Waals surface area contributed by atoms with Gasteiger partial charge in [0.1, 0.15) is 23.0 Å². The maximum absolute atomic E-state index is 13.2. The molecule has 6 heteroatoms. The summed E-state index contributed by atoms with van der Waals surface area (Å²) in [5, 5.41) is 12.1. The largest absolute Gasteiger partial charge is 0.486 e. The number of rotatable bonds is 7. The van der Waals surface area contributed by atoms with Crippen LogP contribution in [0.2, 0.25) is 0 Å². The van der Waals surface area contributed by atoms with Gasteiger partial charge in [-0.25, -0.2) is 13.6 Å². The Labute approximate surface area is 139 Å². The van der Waals surface area contributed by atoms with Gasteiger partial charge >= 0.3 is 5.97 Å². The first-order valence-corrected chi connectivity index (χ1v) is 7.43. The Balaban J connectivity index is 1.92. The molecule has 0 unspecified atom stereocenters. The molecule has 24 heavy (non-hydrogen) atoms. The van der Waals surface area contributed by atoms with Crippen LogP contribution in [0, 0.1) is 11.6 Å². The standard InChI is InChI=1S/C18H19F2NO3/c1-18(2,24-16-8-14(19)7-15(20)9-16)11-21-10-12-4-3-5-13(6-12)17(22)23/h3-9,21H,10-11H2,1-2H3,(H,22,23). The van der Waals surface area contributed by atoms with E-state index in [1.807, 2.05) is 6.07 Å². The van der Waals surface area contributed by atoms with E-state index in [9.17, 15) is 13.6 Å². The second-order valence-electron chi connectivity index (χ2n) is 6.08. The van der Waals surface area contributed by atoms with E-state index < -0.39 is 23.2 Å². The van der Waals surface area contributed by atoms with Crippen molar-refractivity contribution in [2.24, 2.45) is 0 Å². The van der Waals surface area contributed by atoms with Gasteiger partial charge in [-0.2, -0.15) is 0 Å². The first-order chi connectivity index (χ1) is 11.2. The highest BCUT2D eigenvalue weighted by molar-refractivity contribution is 5.87. The fourth-order valence-corrected chi connectivity index (χ4v) is 2.26. The second-order valence-corrected chi connectivity index (χ2v) is 6.08. The average molecular weight is 335 g/mol. The second kappa shape index (κ2) is 7.40. The lowest BCUT2D eigenvalue weighted by molar-refractivity contribution is 0.0696. The quantitative estimate of drug-likeness (QED) is 0.811. The van der Waals surface area contributed by atoms with Gasteiger partial charge < -0.3 is 15.2 Å². The first kappa shape index (κ1) is 17.9. The third kappa shape index (κ3) is 5.31. The van der Waals surface area contributed by atoms with Crippen molar-refractivity contribution in [1.29, 1.82) is 0 Å². The Morgan fingerprint density at radius 2 is 1.83 bits per heavy atom. The van der Waals surface area contributed by atoms with Crippen LogP contribution < -0.4 is 10.1 Å². The lowest BCUT2D eigenvalue weighted by Crippen LogP contribution is -2.40. The maximum Gasteiger partial charge on any atom is 0.335 e. The summed E-state index contributed by atoms with van der Waals surface area (Å²) >= 11 is 0. The highest BCUT2D eigenvalue weighted by Crippen LogP contribution is 2.20. The van der Waals surface area contributed by atoms with Crippen LogP contribution in [-0.2, 0) is 6.54 Å². The van der Waals surface area contributed by atoms with Gasteiger partial charge in [0.15, 0.2) is 0 Å². The van der Waals surface area contributed by atoms with Gasteiger partial charge in [0.25, 0.3) is 0 Å². The molecule has 2 aromatic rings. The van der Waals surface area contributed by atoms with Crippen molar-refractivity contribution in [2.45, 2.75) is 26.0 Å². The van der Waals surface area contributed by atoms with Crippen LogP contribution in [-0.4, -0.2) is 23.2 Å². The Bertz CT molecular complexity index is 712. The average Bonchev–Trinajstić information content (AvgIpc) is 2.45. The fourth-order valence-electron chi connectivity index (χ4n) is 2.26. The van der Waals surface area contributed by atoms with Gasteiger partial charge in [-0.1, -0.05) is 12.1 Å². The molecule has 0 amide bonds. The van der Waals surface area contributed by atoms with E-state index in [4.69, 9.17) is 9.84 Å². The van der Waals surface area contributed by atoms with E-state index in [1.54, 1.807) is 26.0 Å². The topological polar surface area (TPSA) is 58.6 Å². The Kier molecular flexibility index (Phi) is 5.51. The van der Waals surface area contributed by atoms with Crippen molar-refractivity contribution in [2.75, 3.05) is 6.54 Å².